The molecule has 1 aliphatic rings. The summed E-state index contributed by atoms with van der Waals surface area (Å²) in [5, 5.41) is 2.84. The highest BCUT2D eigenvalue weighted by Gasteiger charge is 2.19. The van der Waals surface area contributed by atoms with Crippen molar-refractivity contribution in [2.75, 3.05) is 11.9 Å². The number of carbonyl (C=O) groups is 1. The van der Waals surface area contributed by atoms with E-state index in [0.717, 1.165) is 25.3 Å². The lowest BCUT2D eigenvalue weighted by atomic mass is 10.00. The van der Waals surface area contributed by atoms with Crippen molar-refractivity contribution in [1.29, 1.82) is 0 Å². The van der Waals surface area contributed by atoms with Crippen LogP contribution in [-0.4, -0.2) is 22.3 Å². The van der Waals surface area contributed by atoms with Crippen LogP contribution < -0.4 is 10.9 Å². The molecule has 4 rings (SSSR count). The fourth-order valence-corrected chi connectivity index (χ4v) is 3.71. The monoisotopic (exact) mass is 377 g/mol. The van der Waals surface area contributed by atoms with Crippen molar-refractivity contribution in [3.8, 4) is 0 Å². The summed E-state index contributed by atoms with van der Waals surface area (Å²) in [5.74, 6) is 0.699. The van der Waals surface area contributed by atoms with Gasteiger partial charge in [0, 0.05) is 24.8 Å². The highest BCUT2D eigenvalue weighted by molar-refractivity contribution is 6.03. The Morgan fingerprint density at radius 3 is 2.75 bits per heavy atom. The first-order valence-corrected chi connectivity index (χ1v) is 9.39. The molecule has 3 heterocycles. The highest BCUT2D eigenvalue weighted by Crippen LogP contribution is 2.22. The second kappa shape index (κ2) is 7.48. The number of H-pyrrole nitrogens is 1. The van der Waals surface area contributed by atoms with Crippen LogP contribution in [0.1, 0.15) is 38.7 Å². The number of nitrogens with one attached hydrogen (secondary N) is 2. The number of benzene rings is 1. The third kappa shape index (κ3) is 3.77. The molecule has 28 heavy (non-hydrogen) atoms. The molecule has 0 radical (unpaired) electrons. The maximum atomic E-state index is 12.6. The molecule has 0 aliphatic carbocycles. The molecule has 0 atom stereocenters. The van der Waals surface area contributed by atoms with E-state index in [1.807, 2.05) is 6.07 Å². The molecule has 0 saturated heterocycles. The van der Waals surface area contributed by atoms with Crippen LogP contribution in [0.5, 0.6) is 0 Å². The molecule has 2 aromatic heterocycles. The highest BCUT2D eigenvalue weighted by atomic mass is 16.4. The average Bonchev–Trinajstić information content (AvgIpc) is 3.13. The van der Waals surface area contributed by atoms with Crippen LogP contribution >= 0.6 is 0 Å². The number of aromatic amines is 1. The number of fused-ring (bicyclic) bond motifs is 1. The molecular formula is C22H23N3O3. The first-order chi connectivity index (χ1) is 13.5. The largest absolute Gasteiger partial charge is 0.455 e. The number of amides is 1. The van der Waals surface area contributed by atoms with E-state index in [4.69, 9.17) is 4.42 Å². The van der Waals surface area contributed by atoms with E-state index in [2.05, 4.69) is 39.5 Å². The van der Waals surface area contributed by atoms with Gasteiger partial charge in [-0.15, -0.1) is 0 Å². The lowest BCUT2D eigenvalue weighted by Crippen LogP contribution is -2.29. The number of hydrogen-bond donors (Lipinski definition) is 2. The Bertz CT molecular complexity index is 1050. The van der Waals surface area contributed by atoms with Crippen molar-refractivity contribution in [2.24, 2.45) is 0 Å². The van der Waals surface area contributed by atoms with Gasteiger partial charge in [0.2, 0.25) is 5.56 Å². The normalized spacial score (nSPS) is 13.9. The topological polar surface area (TPSA) is 78.3 Å². The minimum absolute atomic E-state index is 0.184. The number of aromatic nitrogens is 1. The van der Waals surface area contributed by atoms with Crippen molar-refractivity contribution < 1.29 is 9.21 Å². The summed E-state index contributed by atoms with van der Waals surface area (Å²) in [4.78, 5) is 29.1. The van der Waals surface area contributed by atoms with Crippen LogP contribution in [0.2, 0.25) is 0 Å². The number of anilines is 1. The molecule has 0 saturated carbocycles. The van der Waals surface area contributed by atoms with E-state index in [1.165, 1.54) is 17.2 Å². The number of furan rings is 1. The summed E-state index contributed by atoms with van der Waals surface area (Å²) >= 11 is 0. The first-order valence-electron chi connectivity index (χ1n) is 9.39. The van der Waals surface area contributed by atoms with Crippen LogP contribution in [0.3, 0.4) is 0 Å². The third-order valence-corrected chi connectivity index (χ3v) is 5.14. The van der Waals surface area contributed by atoms with Gasteiger partial charge in [-0.1, -0.05) is 24.3 Å². The first kappa shape index (κ1) is 18.3. The Kier molecular flexibility index (Phi) is 4.88. The summed E-state index contributed by atoms with van der Waals surface area (Å²) in [6.07, 6.45) is 1.02. The molecule has 6 nitrogen and oxygen atoms in total. The van der Waals surface area contributed by atoms with E-state index >= 15 is 0 Å². The Hall–Kier alpha value is -3.12. The van der Waals surface area contributed by atoms with Crippen LogP contribution in [0.25, 0.3) is 0 Å². The predicted octanol–water partition coefficient (Wildman–Crippen LogP) is 3.40. The summed E-state index contributed by atoms with van der Waals surface area (Å²) in [6, 6.07) is 13.5. The number of pyridine rings is 1. The quantitative estimate of drug-likeness (QED) is 0.730. The Morgan fingerprint density at radius 2 is 1.96 bits per heavy atom. The van der Waals surface area contributed by atoms with Crippen LogP contribution in [0, 0.1) is 13.8 Å². The van der Waals surface area contributed by atoms with Crippen LogP contribution in [0.15, 0.2) is 51.7 Å². The molecule has 2 N–H and O–H groups in total. The third-order valence-electron chi connectivity index (χ3n) is 5.14. The molecule has 144 valence electrons. The minimum Gasteiger partial charge on any atom is -0.455 e. The van der Waals surface area contributed by atoms with Gasteiger partial charge in [0.1, 0.15) is 5.76 Å². The van der Waals surface area contributed by atoms with Gasteiger partial charge in [-0.25, -0.2) is 0 Å². The van der Waals surface area contributed by atoms with Gasteiger partial charge in [-0.2, -0.15) is 0 Å². The fraction of sp³-hybridized carbons (Fsp3) is 0.273. The number of carbonyl (C=O) groups excluding carboxylic acids is 1. The number of nitrogens with zero attached hydrogens (tertiary/aromatic N) is 1. The van der Waals surface area contributed by atoms with E-state index < -0.39 is 0 Å². The zero-order valence-electron chi connectivity index (χ0n) is 16.0. The van der Waals surface area contributed by atoms with E-state index in [1.54, 1.807) is 19.9 Å². The van der Waals surface area contributed by atoms with Crippen LogP contribution in [-0.2, 0) is 19.5 Å². The summed E-state index contributed by atoms with van der Waals surface area (Å²) in [7, 11) is 0. The smallest absolute Gasteiger partial charge is 0.291 e. The Labute approximate surface area is 163 Å². The van der Waals surface area contributed by atoms with Gasteiger partial charge in [-0.3, -0.25) is 14.5 Å². The Morgan fingerprint density at radius 1 is 1.18 bits per heavy atom. The lowest BCUT2D eigenvalue weighted by molar-refractivity contribution is 0.0992. The number of aryl methyl sites for hydroxylation is 2. The summed E-state index contributed by atoms with van der Waals surface area (Å²) < 4.78 is 5.79. The standard InChI is InChI=1S/C22H23N3O3/c1-14-11-20(26)23-15(2)21(14)24-22(27)19-8-7-18(28-19)13-25-10-9-16-5-3-4-6-17(16)12-25/h3-8,11H,9-10,12-13H2,1-2H3,(H,23,26)(H,24,27). The minimum atomic E-state index is -0.325. The molecule has 1 aromatic carbocycles. The van der Waals surface area contributed by atoms with Crippen molar-refractivity contribution in [1.82, 2.24) is 9.88 Å². The van der Waals surface area contributed by atoms with E-state index in [9.17, 15) is 9.59 Å². The van der Waals surface area contributed by atoms with Crippen molar-refractivity contribution in [3.63, 3.8) is 0 Å². The Balaban J connectivity index is 1.43. The van der Waals surface area contributed by atoms with Gasteiger partial charge in [0.25, 0.3) is 5.91 Å². The van der Waals surface area contributed by atoms with Gasteiger partial charge in [0.15, 0.2) is 5.76 Å². The number of hydrogen-bond acceptors (Lipinski definition) is 4. The zero-order valence-corrected chi connectivity index (χ0v) is 16.0. The lowest BCUT2D eigenvalue weighted by Gasteiger charge is -2.27. The maximum Gasteiger partial charge on any atom is 0.291 e. The van der Waals surface area contributed by atoms with E-state index in [-0.39, 0.29) is 17.2 Å². The summed E-state index contributed by atoms with van der Waals surface area (Å²) in [5.41, 5.74) is 4.52. The SMILES string of the molecule is Cc1cc(=O)[nH]c(C)c1NC(=O)c1ccc(CN2CCc3ccccc3C2)o1. The average molecular weight is 377 g/mol. The molecule has 0 bridgehead atoms. The van der Waals surface area contributed by atoms with E-state index in [0.29, 0.717) is 23.5 Å². The van der Waals surface area contributed by atoms with Gasteiger partial charge >= 0.3 is 0 Å². The zero-order chi connectivity index (χ0) is 19.7. The van der Waals surface area contributed by atoms with Gasteiger partial charge in [0.05, 0.1) is 12.2 Å². The second-order valence-electron chi connectivity index (χ2n) is 7.27. The molecule has 0 fully saturated rings. The molecule has 3 aromatic rings. The molecule has 0 spiro atoms. The van der Waals surface area contributed by atoms with Crippen molar-refractivity contribution in [2.45, 2.75) is 33.4 Å². The van der Waals surface area contributed by atoms with Crippen molar-refractivity contribution >= 4 is 11.6 Å². The molecule has 6 heteroatoms. The van der Waals surface area contributed by atoms with Crippen LogP contribution in [0.4, 0.5) is 5.69 Å². The molecule has 1 amide bonds. The van der Waals surface area contributed by atoms with Gasteiger partial charge in [-0.05, 0) is 49.1 Å². The number of rotatable bonds is 4. The predicted molar refractivity (Wildman–Crippen MR) is 107 cm³/mol. The fourth-order valence-electron chi connectivity index (χ4n) is 3.71. The molecule has 0 unspecified atom stereocenters. The van der Waals surface area contributed by atoms with Gasteiger partial charge < -0.3 is 14.7 Å². The molecular weight excluding hydrogens is 354 g/mol. The molecule has 1 aliphatic heterocycles. The summed E-state index contributed by atoms with van der Waals surface area (Å²) in [6.45, 7) is 6.06. The maximum absolute atomic E-state index is 12.6. The second-order valence-corrected chi connectivity index (χ2v) is 7.27. The van der Waals surface area contributed by atoms with Crippen molar-refractivity contribution in [3.05, 3.63) is 86.7 Å².